The second kappa shape index (κ2) is 7.25. The Kier molecular flexibility index (Phi) is 5.62. The van der Waals surface area contributed by atoms with Gasteiger partial charge in [-0.05, 0) is 52.3 Å². The molecule has 21 heavy (non-hydrogen) atoms. The fourth-order valence-electron chi connectivity index (χ4n) is 1.77. The monoisotopic (exact) mass is 371 g/mol. The molecule has 0 spiro atoms. The van der Waals surface area contributed by atoms with Crippen LogP contribution in [-0.2, 0) is 6.54 Å². The summed E-state index contributed by atoms with van der Waals surface area (Å²) in [6, 6.07) is 10.4. The molecule has 0 fully saturated rings. The number of rotatable bonds is 5. The highest BCUT2D eigenvalue weighted by Gasteiger charge is 2.08. The van der Waals surface area contributed by atoms with Crippen LogP contribution in [0.5, 0.6) is 11.5 Å². The van der Waals surface area contributed by atoms with Gasteiger partial charge in [0.05, 0.1) is 4.47 Å². The van der Waals surface area contributed by atoms with Gasteiger partial charge in [0.15, 0.2) is 0 Å². The molecule has 0 bridgehead atoms. The summed E-state index contributed by atoms with van der Waals surface area (Å²) in [5, 5.41) is 3.98. The zero-order valence-electron chi connectivity index (χ0n) is 11.8. The van der Waals surface area contributed by atoms with E-state index in [2.05, 4.69) is 35.1 Å². The molecular weight excluding hydrogens is 357 g/mol. The summed E-state index contributed by atoms with van der Waals surface area (Å²) in [7, 11) is 0. The maximum atomic E-state index is 13.2. The van der Waals surface area contributed by atoms with Gasteiger partial charge in [0, 0.05) is 23.2 Å². The maximum absolute atomic E-state index is 13.2. The van der Waals surface area contributed by atoms with E-state index in [1.807, 2.05) is 12.1 Å². The largest absolute Gasteiger partial charge is 0.457 e. The van der Waals surface area contributed by atoms with Crippen molar-refractivity contribution in [2.45, 2.75) is 26.4 Å². The standard InChI is InChI=1S/C16H16BrClFNO/c1-10(2)20-9-11-7-12(18)3-6-16(11)21-13-4-5-15(19)14(17)8-13/h3-8,10,20H,9H2,1-2H3. The molecule has 1 N–H and O–H groups in total. The second-order valence-corrected chi connectivity index (χ2v) is 6.26. The smallest absolute Gasteiger partial charge is 0.137 e. The summed E-state index contributed by atoms with van der Waals surface area (Å²) in [4.78, 5) is 0. The molecular formula is C16H16BrClFNO. The lowest BCUT2D eigenvalue weighted by Gasteiger charge is -2.14. The van der Waals surface area contributed by atoms with Gasteiger partial charge in [-0.3, -0.25) is 0 Å². The van der Waals surface area contributed by atoms with Crippen molar-refractivity contribution >= 4 is 27.5 Å². The number of hydrogen-bond donors (Lipinski definition) is 1. The lowest BCUT2D eigenvalue weighted by molar-refractivity contribution is 0.467. The Balaban J connectivity index is 2.23. The topological polar surface area (TPSA) is 21.3 Å². The van der Waals surface area contributed by atoms with Crippen molar-refractivity contribution in [3.63, 3.8) is 0 Å². The van der Waals surface area contributed by atoms with E-state index in [0.29, 0.717) is 33.6 Å². The molecule has 0 unspecified atom stereocenters. The molecule has 2 nitrogen and oxygen atoms in total. The lowest BCUT2D eigenvalue weighted by Crippen LogP contribution is -2.22. The van der Waals surface area contributed by atoms with Crippen LogP contribution in [0.3, 0.4) is 0 Å². The third-order valence-electron chi connectivity index (χ3n) is 2.84. The molecule has 0 aromatic heterocycles. The Hall–Kier alpha value is -1.10. The summed E-state index contributed by atoms with van der Waals surface area (Å²) in [5.41, 5.74) is 0.955. The van der Waals surface area contributed by atoms with Gasteiger partial charge in [0.2, 0.25) is 0 Å². The fourth-order valence-corrected chi connectivity index (χ4v) is 2.32. The van der Waals surface area contributed by atoms with Crippen LogP contribution in [0.25, 0.3) is 0 Å². The third kappa shape index (κ3) is 4.70. The molecule has 0 aliphatic rings. The molecule has 2 rings (SSSR count). The minimum atomic E-state index is -0.319. The van der Waals surface area contributed by atoms with Crippen molar-refractivity contribution in [3.05, 3.63) is 57.3 Å². The average molecular weight is 373 g/mol. The summed E-state index contributed by atoms with van der Waals surface area (Å²) < 4.78 is 19.5. The van der Waals surface area contributed by atoms with Crippen molar-refractivity contribution in [1.29, 1.82) is 0 Å². The molecule has 0 aliphatic heterocycles. The van der Waals surface area contributed by atoms with Gasteiger partial charge in [-0.15, -0.1) is 0 Å². The molecule has 0 heterocycles. The number of ether oxygens (including phenoxy) is 1. The van der Waals surface area contributed by atoms with Crippen LogP contribution in [-0.4, -0.2) is 6.04 Å². The molecule has 0 saturated carbocycles. The normalized spacial score (nSPS) is 11.0. The van der Waals surface area contributed by atoms with Gasteiger partial charge in [0.25, 0.3) is 0 Å². The molecule has 112 valence electrons. The van der Waals surface area contributed by atoms with E-state index in [-0.39, 0.29) is 5.82 Å². The van der Waals surface area contributed by atoms with Gasteiger partial charge in [0.1, 0.15) is 17.3 Å². The van der Waals surface area contributed by atoms with Gasteiger partial charge >= 0.3 is 0 Å². The van der Waals surface area contributed by atoms with E-state index in [0.717, 1.165) is 5.56 Å². The molecule has 0 amide bonds. The zero-order chi connectivity index (χ0) is 15.4. The van der Waals surface area contributed by atoms with Crippen molar-refractivity contribution in [3.8, 4) is 11.5 Å². The van der Waals surface area contributed by atoms with Crippen LogP contribution in [0, 0.1) is 5.82 Å². The van der Waals surface area contributed by atoms with Crippen molar-refractivity contribution < 1.29 is 9.13 Å². The molecule has 0 saturated heterocycles. The Morgan fingerprint density at radius 3 is 2.67 bits per heavy atom. The van der Waals surface area contributed by atoms with E-state index >= 15 is 0 Å². The van der Waals surface area contributed by atoms with E-state index in [1.54, 1.807) is 18.2 Å². The first-order valence-corrected chi connectivity index (χ1v) is 7.77. The van der Waals surface area contributed by atoms with E-state index in [4.69, 9.17) is 16.3 Å². The first-order chi connectivity index (χ1) is 9.95. The zero-order valence-corrected chi connectivity index (χ0v) is 14.1. The Morgan fingerprint density at radius 1 is 1.24 bits per heavy atom. The van der Waals surface area contributed by atoms with E-state index in [9.17, 15) is 4.39 Å². The van der Waals surface area contributed by atoms with Gasteiger partial charge in [-0.1, -0.05) is 25.4 Å². The Labute approximate surface area is 137 Å². The first-order valence-electron chi connectivity index (χ1n) is 6.60. The van der Waals surface area contributed by atoms with Crippen LogP contribution in [0.15, 0.2) is 40.9 Å². The molecule has 0 aliphatic carbocycles. The van der Waals surface area contributed by atoms with Crippen molar-refractivity contribution in [2.24, 2.45) is 0 Å². The predicted molar refractivity (Wildman–Crippen MR) is 87.6 cm³/mol. The van der Waals surface area contributed by atoms with Crippen molar-refractivity contribution in [1.82, 2.24) is 5.32 Å². The highest BCUT2D eigenvalue weighted by molar-refractivity contribution is 9.10. The van der Waals surface area contributed by atoms with Gasteiger partial charge in [-0.25, -0.2) is 4.39 Å². The van der Waals surface area contributed by atoms with E-state index in [1.165, 1.54) is 6.07 Å². The molecule has 5 heteroatoms. The SMILES string of the molecule is CC(C)NCc1cc(Cl)ccc1Oc1ccc(F)c(Br)c1. The fraction of sp³-hybridized carbons (Fsp3) is 0.250. The molecule has 0 atom stereocenters. The third-order valence-corrected chi connectivity index (χ3v) is 3.68. The highest BCUT2D eigenvalue weighted by atomic mass is 79.9. The van der Waals surface area contributed by atoms with Gasteiger partial charge in [-0.2, -0.15) is 0 Å². The molecule has 2 aromatic carbocycles. The summed E-state index contributed by atoms with van der Waals surface area (Å²) >= 11 is 9.19. The minimum absolute atomic E-state index is 0.319. The molecule has 2 aromatic rings. The quantitative estimate of drug-likeness (QED) is 0.745. The number of hydrogen-bond acceptors (Lipinski definition) is 2. The predicted octanol–water partition coefficient (Wildman–Crippen LogP) is 5.53. The Bertz CT molecular complexity index is 634. The van der Waals surface area contributed by atoms with Crippen LogP contribution in [0.1, 0.15) is 19.4 Å². The highest BCUT2D eigenvalue weighted by Crippen LogP contribution is 2.30. The summed E-state index contributed by atoms with van der Waals surface area (Å²) in [6.07, 6.45) is 0. The summed E-state index contributed by atoms with van der Waals surface area (Å²) in [6.45, 7) is 4.79. The van der Waals surface area contributed by atoms with Crippen LogP contribution in [0.2, 0.25) is 5.02 Å². The van der Waals surface area contributed by atoms with Gasteiger partial charge < -0.3 is 10.1 Å². The van der Waals surface area contributed by atoms with Crippen LogP contribution >= 0.6 is 27.5 Å². The van der Waals surface area contributed by atoms with Crippen LogP contribution in [0.4, 0.5) is 4.39 Å². The Morgan fingerprint density at radius 2 is 2.00 bits per heavy atom. The summed E-state index contributed by atoms with van der Waals surface area (Å²) in [5.74, 6) is 0.947. The average Bonchev–Trinajstić information content (AvgIpc) is 2.43. The van der Waals surface area contributed by atoms with E-state index < -0.39 is 0 Å². The lowest BCUT2D eigenvalue weighted by atomic mass is 10.2. The minimum Gasteiger partial charge on any atom is -0.457 e. The first kappa shape index (κ1) is 16.3. The number of halogens is 3. The number of benzene rings is 2. The maximum Gasteiger partial charge on any atom is 0.137 e. The van der Waals surface area contributed by atoms with Crippen LogP contribution < -0.4 is 10.1 Å². The molecule has 0 radical (unpaired) electrons. The number of nitrogens with one attached hydrogen (secondary N) is 1. The van der Waals surface area contributed by atoms with Crippen molar-refractivity contribution in [2.75, 3.05) is 0 Å². The second-order valence-electron chi connectivity index (χ2n) is 4.97.